The number of allylic oxidation sites excluding steroid dienone is 6. The maximum Gasteiger partial charge on any atom is 0.335 e. The monoisotopic (exact) mass is 466 g/mol. The normalized spacial score (nSPS) is 21.0. The highest BCUT2D eigenvalue weighted by molar-refractivity contribution is 6.08. The zero-order valence-corrected chi connectivity index (χ0v) is 20.1. The zero-order valence-electron chi connectivity index (χ0n) is 20.1. The molecular formula is C30H30N2O3. The highest BCUT2D eigenvalue weighted by Gasteiger charge is 2.50. The van der Waals surface area contributed by atoms with Gasteiger partial charge in [-0.05, 0) is 72.6 Å². The Morgan fingerprint density at radius 3 is 2.71 bits per heavy atom. The van der Waals surface area contributed by atoms with Crippen molar-refractivity contribution in [3.63, 3.8) is 0 Å². The molecule has 2 atom stereocenters. The van der Waals surface area contributed by atoms with E-state index in [4.69, 9.17) is 0 Å². The van der Waals surface area contributed by atoms with Crippen molar-refractivity contribution >= 4 is 17.6 Å². The quantitative estimate of drug-likeness (QED) is 0.503. The number of nitriles is 1. The molecule has 0 bridgehead atoms. The number of para-hydroxylation sites is 1. The van der Waals surface area contributed by atoms with Gasteiger partial charge in [0.15, 0.2) is 0 Å². The number of carbonyl (C=O) groups is 2. The van der Waals surface area contributed by atoms with Crippen molar-refractivity contribution in [3.05, 3.63) is 101 Å². The van der Waals surface area contributed by atoms with Crippen LogP contribution >= 0.6 is 0 Å². The molecule has 1 aliphatic carbocycles. The van der Waals surface area contributed by atoms with Crippen LogP contribution in [0.25, 0.3) is 0 Å². The number of hydrogen-bond donors (Lipinski definition) is 1. The van der Waals surface area contributed by atoms with Gasteiger partial charge >= 0.3 is 5.97 Å². The molecular weight excluding hydrogens is 436 g/mol. The van der Waals surface area contributed by atoms with Crippen molar-refractivity contribution in [3.8, 4) is 6.07 Å². The second-order valence-corrected chi connectivity index (χ2v) is 9.77. The highest BCUT2D eigenvalue weighted by atomic mass is 16.4. The first-order chi connectivity index (χ1) is 16.8. The summed E-state index contributed by atoms with van der Waals surface area (Å²) in [5, 5.41) is 18.7. The van der Waals surface area contributed by atoms with Crippen LogP contribution in [0.15, 0.2) is 84.5 Å². The number of hydrogen-bond acceptors (Lipinski definition) is 3. The molecule has 4 rings (SSSR count). The summed E-state index contributed by atoms with van der Waals surface area (Å²) >= 11 is 0. The standard InChI is InChI=1S/C30H30N2O3/c1-21(2)15-16-30(18-22-7-5-8-23(19-31)14-13-22)26-11-3-4-12-27(26)32(29(30)35)20-24-9-6-10-25(17-24)28(33)34/h3-14,17,21-22H,15-16,18,20H2,1-2H3,(H,33,34). The number of aromatic carboxylic acids is 1. The zero-order chi connectivity index (χ0) is 25.0. The van der Waals surface area contributed by atoms with Crippen molar-refractivity contribution in [2.45, 2.75) is 45.1 Å². The lowest BCUT2D eigenvalue weighted by Crippen LogP contribution is -2.41. The van der Waals surface area contributed by atoms with E-state index in [1.54, 1.807) is 24.3 Å². The SMILES string of the molecule is CC(C)CCC1(CC2C=CC=C(C#N)C=C2)C(=O)N(Cc2cccc(C(=O)O)c2)c2ccccc21. The van der Waals surface area contributed by atoms with Crippen molar-refractivity contribution in [1.29, 1.82) is 5.26 Å². The first-order valence-corrected chi connectivity index (χ1v) is 12.0. The Kier molecular flexibility index (Phi) is 7.02. The van der Waals surface area contributed by atoms with Crippen LogP contribution in [0.2, 0.25) is 0 Å². The number of amides is 1. The minimum Gasteiger partial charge on any atom is -0.478 e. The molecule has 2 aromatic rings. The molecule has 0 saturated heterocycles. The first kappa shape index (κ1) is 24.2. The van der Waals surface area contributed by atoms with E-state index in [9.17, 15) is 20.0 Å². The Bertz CT molecular complexity index is 1260. The molecule has 1 N–H and O–H groups in total. The predicted octanol–water partition coefficient (Wildman–Crippen LogP) is 6.19. The molecule has 5 nitrogen and oxygen atoms in total. The van der Waals surface area contributed by atoms with Crippen molar-refractivity contribution in [2.75, 3.05) is 4.90 Å². The first-order valence-electron chi connectivity index (χ1n) is 12.0. The molecule has 0 spiro atoms. The summed E-state index contributed by atoms with van der Waals surface area (Å²) in [6, 6.07) is 16.9. The smallest absolute Gasteiger partial charge is 0.335 e. The van der Waals surface area contributed by atoms with Gasteiger partial charge in [-0.1, -0.05) is 62.4 Å². The van der Waals surface area contributed by atoms with Crippen LogP contribution in [0.4, 0.5) is 5.69 Å². The fourth-order valence-electron chi connectivity index (χ4n) is 5.08. The molecule has 178 valence electrons. The maximum atomic E-state index is 14.3. The lowest BCUT2D eigenvalue weighted by Gasteiger charge is -2.32. The molecule has 0 saturated carbocycles. The molecule has 0 radical (unpaired) electrons. The summed E-state index contributed by atoms with van der Waals surface area (Å²) in [6.07, 6.45) is 11.9. The van der Waals surface area contributed by atoms with Gasteiger partial charge in [0.2, 0.25) is 5.91 Å². The maximum absolute atomic E-state index is 14.3. The molecule has 1 aliphatic heterocycles. The van der Waals surface area contributed by atoms with Crippen LogP contribution in [0.3, 0.4) is 0 Å². The summed E-state index contributed by atoms with van der Waals surface area (Å²) in [4.78, 5) is 27.6. The van der Waals surface area contributed by atoms with E-state index in [1.807, 2.05) is 47.4 Å². The van der Waals surface area contributed by atoms with Crippen LogP contribution in [0.1, 0.15) is 54.6 Å². The third kappa shape index (κ3) is 4.97. The van der Waals surface area contributed by atoms with Crippen LogP contribution < -0.4 is 4.90 Å². The summed E-state index contributed by atoms with van der Waals surface area (Å²) < 4.78 is 0. The molecule has 2 aliphatic rings. The number of carboxylic acids is 1. The van der Waals surface area contributed by atoms with Gasteiger partial charge in [-0.15, -0.1) is 0 Å². The van der Waals surface area contributed by atoms with Crippen molar-refractivity contribution < 1.29 is 14.7 Å². The number of nitrogens with zero attached hydrogens (tertiary/aromatic N) is 2. The van der Waals surface area contributed by atoms with E-state index in [-0.39, 0.29) is 17.4 Å². The van der Waals surface area contributed by atoms with Crippen LogP contribution in [0.5, 0.6) is 0 Å². The topological polar surface area (TPSA) is 81.4 Å². The minimum absolute atomic E-state index is 0.0107. The summed E-state index contributed by atoms with van der Waals surface area (Å²) in [6.45, 7) is 4.66. The molecule has 1 heterocycles. The van der Waals surface area contributed by atoms with Crippen LogP contribution in [-0.4, -0.2) is 17.0 Å². The van der Waals surface area contributed by atoms with Crippen LogP contribution in [-0.2, 0) is 16.8 Å². The lowest BCUT2D eigenvalue weighted by atomic mass is 9.70. The molecule has 35 heavy (non-hydrogen) atoms. The third-order valence-corrected chi connectivity index (χ3v) is 6.90. The fraction of sp³-hybridized carbons (Fsp3) is 0.300. The van der Waals surface area contributed by atoms with Gasteiger partial charge in [0.05, 0.1) is 29.2 Å². The van der Waals surface area contributed by atoms with E-state index in [0.29, 0.717) is 24.5 Å². The van der Waals surface area contributed by atoms with Gasteiger partial charge in [-0.25, -0.2) is 4.79 Å². The number of anilines is 1. The number of fused-ring (bicyclic) bond motifs is 1. The Balaban J connectivity index is 1.74. The van der Waals surface area contributed by atoms with Crippen LogP contribution in [0, 0.1) is 23.2 Å². The Labute approximate surface area is 206 Å². The van der Waals surface area contributed by atoms with Gasteiger partial charge in [0.1, 0.15) is 0 Å². The average molecular weight is 467 g/mol. The Morgan fingerprint density at radius 2 is 1.97 bits per heavy atom. The van der Waals surface area contributed by atoms with E-state index < -0.39 is 11.4 Å². The highest BCUT2D eigenvalue weighted by Crippen LogP contribution is 2.49. The van der Waals surface area contributed by atoms with Gasteiger partial charge in [-0.3, -0.25) is 4.79 Å². The Morgan fingerprint density at radius 1 is 1.17 bits per heavy atom. The molecule has 2 unspecified atom stereocenters. The van der Waals surface area contributed by atoms with Gasteiger partial charge in [0, 0.05) is 5.69 Å². The van der Waals surface area contributed by atoms with Crippen molar-refractivity contribution in [1.82, 2.24) is 0 Å². The van der Waals surface area contributed by atoms with Gasteiger partial charge in [0.25, 0.3) is 0 Å². The summed E-state index contributed by atoms with van der Waals surface area (Å²) in [5.41, 5.74) is 2.81. The van der Waals surface area contributed by atoms with E-state index >= 15 is 0 Å². The van der Waals surface area contributed by atoms with Gasteiger partial charge in [-0.2, -0.15) is 5.26 Å². The summed E-state index contributed by atoms with van der Waals surface area (Å²) in [5.74, 6) is -0.472. The van der Waals surface area contributed by atoms with Gasteiger partial charge < -0.3 is 10.0 Å². The molecule has 0 aromatic heterocycles. The number of carbonyl (C=O) groups excluding carboxylic acids is 1. The molecule has 0 fully saturated rings. The summed E-state index contributed by atoms with van der Waals surface area (Å²) in [7, 11) is 0. The largest absolute Gasteiger partial charge is 0.478 e. The Hall–Kier alpha value is -3.91. The fourth-order valence-corrected chi connectivity index (χ4v) is 5.08. The third-order valence-electron chi connectivity index (χ3n) is 6.90. The minimum atomic E-state index is -0.983. The molecule has 1 amide bonds. The number of rotatable bonds is 8. The molecule has 5 heteroatoms. The predicted molar refractivity (Wildman–Crippen MR) is 137 cm³/mol. The second-order valence-electron chi connectivity index (χ2n) is 9.77. The second kappa shape index (κ2) is 10.1. The average Bonchev–Trinajstić information content (AvgIpc) is 2.98. The van der Waals surface area contributed by atoms with E-state index in [0.717, 1.165) is 29.7 Å². The van der Waals surface area contributed by atoms with E-state index in [2.05, 4.69) is 32.1 Å². The van der Waals surface area contributed by atoms with Crippen molar-refractivity contribution in [2.24, 2.45) is 11.8 Å². The number of carboxylic acid groups (broad SMARTS) is 1. The molecule has 2 aromatic carbocycles. The van der Waals surface area contributed by atoms with E-state index in [1.165, 1.54) is 0 Å². The lowest BCUT2D eigenvalue weighted by molar-refractivity contribution is -0.124. The number of benzene rings is 2.